The lowest BCUT2D eigenvalue weighted by atomic mass is 10.2. The van der Waals surface area contributed by atoms with Gasteiger partial charge in [0.25, 0.3) is 0 Å². The van der Waals surface area contributed by atoms with E-state index in [4.69, 9.17) is 4.74 Å². The molecule has 24 heavy (non-hydrogen) atoms. The van der Waals surface area contributed by atoms with Gasteiger partial charge in [-0.25, -0.2) is 0 Å². The van der Waals surface area contributed by atoms with Crippen LogP contribution in [-0.4, -0.2) is 36.1 Å². The molecule has 2 heterocycles. The van der Waals surface area contributed by atoms with Gasteiger partial charge >= 0.3 is 0 Å². The molecule has 0 bridgehead atoms. The Morgan fingerprint density at radius 1 is 1.17 bits per heavy atom. The molecule has 1 aliphatic rings. The van der Waals surface area contributed by atoms with Crippen LogP contribution >= 0.6 is 0 Å². The number of anilines is 1. The van der Waals surface area contributed by atoms with Gasteiger partial charge in [0.2, 0.25) is 0 Å². The molecule has 0 radical (unpaired) electrons. The lowest BCUT2D eigenvalue weighted by Crippen LogP contribution is -2.18. The highest BCUT2D eigenvalue weighted by atomic mass is 16.5. The summed E-state index contributed by atoms with van der Waals surface area (Å²) in [5.41, 5.74) is 1.32. The summed E-state index contributed by atoms with van der Waals surface area (Å²) in [6.07, 6.45) is 5.14. The van der Waals surface area contributed by atoms with Crippen molar-refractivity contribution in [2.24, 2.45) is 0 Å². The number of ether oxygens (including phenoxy) is 1. The summed E-state index contributed by atoms with van der Waals surface area (Å²) in [5.74, 6) is 1.68. The van der Waals surface area contributed by atoms with Gasteiger partial charge in [0.05, 0.1) is 6.61 Å². The van der Waals surface area contributed by atoms with Crippen LogP contribution in [0.25, 0.3) is 0 Å². The third-order valence-electron chi connectivity index (χ3n) is 4.18. The number of rotatable bonds is 8. The molecule has 1 aromatic carbocycles. The van der Waals surface area contributed by atoms with Gasteiger partial charge in [-0.2, -0.15) is 0 Å². The zero-order valence-corrected chi connectivity index (χ0v) is 14.0. The maximum Gasteiger partial charge on any atom is 0.183 e. The summed E-state index contributed by atoms with van der Waals surface area (Å²) in [6, 6.07) is 11.4. The smallest absolute Gasteiger partial charge is 0.183 e. The number of likely N-dealkylation sites (tertiary alicyclic amines) is 1. The summed E-state index contributed by atoms with van der Waals surface area (Å²) >= 11 is 0. The molecule has 5 nitrogen and oxygen atoms in total. The number of benzene rings is 1. The molecule has 0 atom stereocenters. The molecule has 3 rings (SSSR count). The van der Waals surface area contributed by atoms with E-state index in [1.165, 1.54) is 37.6 Å². The van der Waals surface area contributed by atoms with Crippen molar-refractivity contribution in [1.29, 1.82) is 0 Å². The van der Waals surface area contributed by atoms with Crippen LogP contribution in [0.4, 0.5) is 5.82 Å². The molecule has 1 fully saturated rings. The Morgan fingerprint density at radius 3 is 2.88 bits per heavy atom. The second kappa shape index (κ2) is 8.55. The largest absolute Gasteiger partial charge is 0.494 e. The Balaban J connectivity index is 1.39. The van der Waals surface area contributed by atoms with Crippen LogP contribution < -0.4 is 15.5 Å². The lowest BCUT2D eigenvalue weighted by molar-refractivity contribution is 0.311. The van der Waals surface area contributed by atoms with Gasteiger partial charge in [-0.1, -0.05) is 12.1 Å². The highest BCUT2D eigenvalue weighted by molar-refractivity contribution is 5.33. The second-order valence-corrected chi connectivity index (χ2v) is 6.20. The van der Waals surface area contributed by atoms with Gasteiger partial charge in [0, 0.05) is 31.4 Å². The van der Waals surface area contributed by atoms with Crippen LogP contribution in [0.5, 0.6) is 5.75 Å². The third kappa shape index (κ3) is 5.13. The van der Waals surface area contributed by atoms with E-state index < -0.39 is 0 Å². The Kier molecular flexibility index (Phi) is 5.90. The fraction of sp³-hybridized carbons (Fsp3) is 0.421. The third-order valence-corrected chi connectivity index (χ3v) is 4.18. The first-order chi connectivity index (χ1) is 11.8. The molecule has 1 saturated heterocycles. The number of hydrogen-bond acceptors (Lipinski definition) is 4. The molecule has 0 aliphatic carbocycles. The Labute approximate surface area is 142 Å². The summed E-state index contributed by atoms with van der Waals surface area (Å²) in [7, 11) is 0. The number of H-pyrrole nitrogens is 1. The summed E-state index contributed by atoms with van der Waals surface area (Å²) < 4.78 is 5.84. The lowest BCUT2D eigenvalue weighted by Gasteiger charge is -2.15. The van der Waals surface area contributed by atoms with Crippen molar-refractivity contribution in [1.82, 2.24) is 9.88 Å². The number of nitrogens with one attached hydrogen (secondary N) is 2. The minimum absolute atomic E-state index is 0.00215. The van der Waals surface area contributed by atoms with Crippen LogP contribution in [0.15, 0.2) is 47.4 Å². The van der Waals surface area contributed by atoms with Crippen molar-refractivity contribution in [2.45, 2.75) is 25.8 Å². The van der Waals surface area contributed by atoms with E-state index >= 15 is 0 Å². The molecule has 1 aromatic heterocycles. The maximum absolute atomic E-state index is 11.2. The molecular formula is C19H25N3O2. The predicted molar refractivity (Wildman–Crippen MR) is 96.6 cm³/mol. The number of aromatic nitrogens is 1. The van der Waals surface area contributed by atoms with Gasteiger partial charge in [-0.15, -0.1) is 0 Å². The van der Waals surface area contributed by atoms with Crippen LogP contribution in [0.1, 0.15) is 24.8 Å². The highest BCUT2D eigenvalue weighted by Gasteiger charge is 2.11. The average molecular weight is 327 g/mol. The fourth-order valence-corrected chi connectivity index (χ4v) is 2.97. The van der Waals surface area contributed by atoms with Crippen LogP contribution in [0.3, 0.4) is 0 Å². The quantitative estimate of drug-likeness (QED) is 0.732. The monoisotopic (exact) mass is 327 g/mol. The van der Waals surface area contributed by atoms with Crippen molar-refractivity contribution in [3.63, 3.8) is 0 Å². The molecule has 1 aliphatic heterocycles. The first kappa shape index (κ1) is 16.6. The van der Waals surface area contributed by atoms with Crippen LogP contribution in [0.2, 0.25) is 0 Å². The van der Waals surface area contributed by atoms with Crippen molar-refractivity contribution in [3.05, 3.63) is 58.4 Å². The first-order valence-corrected chi connectivity index (χ1v) is 8.66. The van der Waals surface area contributed by atoms with E-state index in [2.05, 4.69) is 33.4 Å². The topological polar surface area (TPSA) is 57.4 Å². The van der Waals surface area contributed by atoms with Gasteiger partial charge in [0.15, 0.2) is 5.43 Å². The molecule has 0 amide bonds. The van der Waals surface area contributed by atoms with Gasteiger partial charge in [0.1, 0.15) is 11.6 Å². The molecule has 128 valence electrons. The van der Waals surface area contributed by atoms with E-state index in [0.29, 0.717) is 6.61 Å². The van der Waals surface area contributed by atoms with Crippen molar-refractivity contribution in [2.75, 3.05) is 31.6 Å². The molecule has 0 spiro atoms. The summed E-state index contributed by atoms with van der Waals surface area (Å²) in [5, 5.41) is 3.19. The first-order valence-electron chi connectivity index (χ1n) is 8.66. The fourth-order valence-electron chi connectivity index (χ4n) is 2.97. The van der Waals surface area contributed by atoms with E-state index in [0.717, 1.165) is 31.1 Å². The Hall–Kier alpha value is -2.27. The second-order valence-electron chi connectivity index (χ2n) is 6.20. The predicted octanol–water partition coefficient (Wildman–Crippen LogP) is 2.85. The molecule has 2 aromatic rings. The van der Waals surface area contributed by atoms with Crippen molar-refractivity contribution < 1.29 is 4.74 Å². The molecule has 5 heteroatoms. The molecular weight excluding hydrogens is 302 g/mol. The highest BCUT2D eigenvalue weighted by Crippen LogP contribution is 2.17. The van der Waals surface area contributed by atoms with Crippen LogP contribution in [0, 0.1) is 0 Å². The van der Waals surface area contributed by atoms with E-state index in [1.54, 1.807) is 12.3 Å². The van der Waals surface area contributed by atoms with E-state index in [9.17, 15) is 4.79 Å². The Morgan fingerprint density at radius 2 is 2.04 bits per heavy atom. The Bertz CT molecular complexity index is 693. The normalized spacial score (nSPS) is 14.7. The van der Waals surface area contributed by atoms with Gasteiger partial charge in [-0.3, -0.25) is 9.69 Å². The zero-order chi connectivity index (χ0) is 16.6. The summed E-state index contributed by atoms with van der Waals surface area (Å²) in [6.45, 7) is 4.83. The maximum atomic E-state index is 11.2. The summed E-state index contributed by atoms with van der Waals surface area (Å²) in [4.78, 5) is 16.7. The number of nitrogens with zero attached hydrogens (tertiary/aromatic N) is 1. The van der Waals surface area contributed by atoms with E-state index in [-0.39, 0.29) is 5.43 Å². The number of pyridine rings is 1. The van der Waals surface area contributed by atoms with Gasteiger partial charge in [-0.05, 0) is 50.0 Å². The SMILES string of the molecule is O=c1cc[nH]c(NCCCOc2cccc(CN3CCCC3)c2)c1. The van der Waals surface area contributed by atoms with Crippen molar-refractivity contribution in [3.8, 4) is 5.75 Å². The number of hydrogen-bond donors (Lipinski definition) is 2. The van der Waals surface area contributed by atoms with Crippen molar-refractivity contribution >= 4 is 5.82 Å². The number of aromatic amines is 1. The van der Waals surface area contributed by atoms with E-state index in [1.807, 2.05) is 6.07 Å². The minimum Gasteiger partial charge on any atom is -0.494 e. The molecule has 0 saturated carbocycles. The van der Waals surface area contributed by atoms with Gasteiger partial charge < -0.3 is 15.0 Å². The standard InChI is InChI=1S/C19H25N3O2/c23-17-7-9-21-19(14-17)20-8-4-12-24-18-6-3-5-16(13-18)15-22-10-1-2-11-22/h3,5-7,9,13-14H,1-2,4,8,10-12,15H2,(H2,20,21,23). The molecule has 2 N–H and O–H groups in total. The average Bonchev–Trinajstić information content (AvgIpc) is 3.08. The van der Waals surface area contributed by atoms with Crippen LogP contribution in [-0.2, 0) is 6.54 Å². The zero-order valence-electron chi connectivity index (χ0n) is 14.0. The minimum atomic E-state index is 0.00215. The molecule has 0 unspecified atom stereocenters.